The maximum Gasteiger partial charge on any atom is 0.397 e. The molecular formula is C33H42N2O6. The van der Waals surface area contributed by atoms with E-state index in [1.165, 1.54) is 18.4 Å². The van der Waals surface area contributed by atoms with E-state index in [-0.39, 0.29) is 18.4 Å². The highest BCUT2D eigenvalue weighted by Gasteiger charge is 2.18. The Morgan fingerprint density at radius 1 is 1.00 bits per heavy atom. The number of rotatable bonds is 9. The molecule has 8 nitrogen and oxygen atoms in total. The van der Waals surface area contributed by atoms with E-state index in [1.807, 2.05) is 38.1 Å². The van der Waals surface area contributed by atoms with Gasteiger partial charge >= 0.3 is 11.9 Å². The van der Waals surface area contributed by atoms with Gasteiger partial charge in [-0.15, -0.1) is 0 Å². The van der Waals surface area contributed by atoms with Crippen LogP contribution in [0.25, 0.3) is 0 Å². The predicted molar refractivity (Wildman–Crippen MR) is 160 cm³/mol. The standard InChI is InChI=1S/C29H34N2O5.C4H8O/c1-6-31(21(5)22-11-9-8-10-12-22)18-23-17-25(13-14-26(23)32)36-27-19(3)15-24(16-20(27)4)30-28(33)29(34)35-7-2;1-2-4-5-3-1/h8-17,21,32H,6-7,18H2,1-5H3,(H,30,33);1-4H2. The second-order valence-electron chi connectivity index (χ2n) is 9.98. The summed E-state index contributed by atoms with van der Waals surface area (Å²) in [4.78, 5) is 25.9. The maximum atomic E-state index is 12.0. The average molecular weight is 563 g/mol. The van der Waals surface area contributed by atoms with E-state index in [1.54, 1.807) is 31.2 Å². The van der Waals surface area contributed by atoms with Crippen molar-refractivity contribution in [1.29, 1.82) is 0 Å². The summed E-state index contributed by atoms with van der Waals surface area (Å²) in [6, 6.07) is 19.2. The Kier molecular flexibility index (Phi) is 12.2. The average Bonchev–Trinajstić information content (AvgIpc) is 3.56. The lowest BCUT2D eigenvalue weighted by Crippen LogP contribution is -2.26. The molecule has 1 heterocycles. The number of nitrogens with one attached hydrogen (secondary N) is 1. The highest BCUT2D eigenvalue weighted by atomic mass is 16.5. The van der Waals surface area contributed by atoms with E-state index in [4.69, 9.17) is 14.2 Å². The minimum atomic E-state index is -0.924. The summed E-state index contributed by atoms with van der Waals surface area (Å²) in [5.41, 5.74) is 4.04. The molecule has 0 saturated carbocycles. The Bertz CT molecular complexity index is 1260. The topological polar surface area (TPSA) is 97.3 Å². The van der Waals surface area contributed by atoms with Gasteiger partial charge < -0.3 is 24.6 Å². The summed E-state index contributed by atoms with van der Waals surface area (Å²) in [5, 5.41) is 13.1. The molecule has 41 heavy (non-hydrogen) atoms. The van der Waals surface area contributed by atoms with Crippen molar-refractivity contribution in [3.63, 3.8) is 0 Å². The Hall–Kier alpha value is -3.88. The fraction of sp³-hybridized carbons (Fsp3) is 0.394. The van der Waals surface area contributed by atoms with Gasteiger partial charge in [0, 0.05) is 37.1 Å². The predicted octanol–water partition coefficient (Wildman–Crippen LogP) is 6.68. The van der Waals surface area contributed by atoms with Gasteiger partial charge in [-0.3, -0.25) is 9.69 Å². The lowest BCUT2D eigenvalue weighted by molar-refractivity contribution is -0.152. The third-order valence-corrected chi connectivity index (χ3v) is 6.89. The number of carbonyl (C=O) groups is 2. The number of hydrogen-bond donors (Lipinski definition) is 2. The minimum absolute atomic E-state index is 0.132. The van der Waals surface area contributed by atoms with Crippen LogP contribution in [0.15, 0.2) is 60.7 Å². The molecule has 2 N–H and O–H groups in total. The second kappa shape index (κ2) is 15.8. The van der Waals surface area contributed by atoms with Gasteiger partial charge in [0.25, 0.3) is 0 Å². The smallest absolute Gasteiger partial charge is 0.397 e. The van der Waals surface area contributed by atoms with Crippen molar-refractivity contribution in [2.45, 2.75) is 60.0 Å². The molecule has 0 radical (unpaired) electrons. The molecule has 1 unspecified atom stereocenters. The monoisotopic (exact) mass is 562 g/mol. The number of nitrogens with zero attached hydrogens (tertiary/aromatic N) is 1. The number of aromatic hydroxyl groups is 1. The molecule has 4 rings (SSSR count). The number of ether oxygens (including phenoxy) is 3. The molecule has 3 aromatic carbocycles. The van der Waals surface area contributed by atoms with E-state index >= 15 is 0 Å². The van der Waals surface area contributed by atoms with Crippen molar-refractivity contribution in [1.82, 2.24) is 4.90 Å². The number of esters is 1. The van der Waals surface area contributed by atoms with Crippen LogP contribution in [0.4, 0.5) is 5.69 Å². The number of phenols is 1. The van der Waals surface area contributed by atoms with Gasteiger partial charge in [0.05, 0.1) is 6.61 Å². The third kappa shape index (κ3) is 9.33. The van der Waals surface area contributed by atoms with Crippen LogP contribution >= 0.6 is 0 Å². The van der Waals surface area contributed by atoms with Crippen molar-refractivity contribution in [2.75, 3.05) is 31.7 Å². The van der Waals surface area contributed by atoms with Crippen molar-refractivity contribution in [2.24, 2.45) is 0 Å². The Morgan fingerprint density at radius 3 is 2.22 bits per heavy atom. The van der Waals surface area contributed by atoms with Crippen LogP contribution in [0.3, 0.4) is 0 Å². The van der Waals surface area contributed by atoms with E-state index < -0.39 is 11.9 Å². The van der Waals surface area contributed by atoms with E-state index in [0.717, 1.165) is 36.4 Å². The molecule has 1 aliphatic heterocycles. The largest absolute Gasteiger partial charge is 0.508 e. The number of amides is 1. The fourth-order valence-corrected chi connectivity index (χ4v) is 4.63. The number of carbonyl (C=O) groups excluding carboxylic acids is 2. The zero-order valence-electron chi connectivity index (χ0n) is 24.7. The first-order chi connectivity index (χ1) is 19.7. The zero-order chi connectivity index (χ0) is 29.8. The quantitative estimate of drug-likeness (QED) is 0.222. The first-order valence-electron chi connectivity index (χ1n) is 14.2. The van der Waals surface area contributed by atoms with E-state index in [9.17, 15) is 14.7 Å². The first-order valence-corrected chi connectivity index (χ1v) is 14.2. The summed E-state index contributed by atoms with van der Waals surface area (Å²) >= 11 is 0. The molecule has 3 aromatic rings. The second-order valence-corrected chi connectivity index (χ2v) is 9.98. The van der Waals surface area contributed by atoms with Gasteiger partial charge in [0.2, 0.25) is 0 Å². The molecular weight excluding hydrogens is 520 g/mol. The molecule has 0 aliphatic carbocycles. The summed E-state index contributed by atoms with van der Waals surface area (Å²) in [6.07, 6.45) is 2.56. The summed E-state index contributed by atoms with van der Waals surface area (Å²) < 4.78 is 15.9. The van der Waals surface area contributed by atoms with Crippen molar-refractivity contribution >= 4 is 17.6 Å². The molecule has 1 fully saturated rings. The zero-order valence-corrected chi connectivity index (χ0v) is 24.7. The molecule has 1 amide bonds. The van der Waals surface area contributed by atoms with Gasteiger partial charge in [0.15, 0.2) is 0 Å². The molecule has 0 bridgehead atoms. The number of benzene rings is 3. The molecule has 1 aliphatic rings. The van der Waals surface area contributed by atoms with Crippen LogP contribution in [-0.4, -0.2) is 48.2 Å². The fourth-order valence-electron chi connectivity index (χ4n) is 4.63. The maximum absolute atomic E-state index is 12.0. The lowest BCUT2D eigenvalue weighted by Gasteiger charge is -2.28. The van der Waals surface area contributed by atoms with E-state index in [2.05, 4.69) is 36.2 Å². The number of aryl methyl sites for hydroxylation is 2. The van der Waals surface area contributed by atoms with Crippen molar-refractivity contribution in [3.8, 4) is 17.2 Å². The van der Waals surface area contributed by atoms with Crippen LogP contribution in [0, 0.1) is 13.8 Å². The SMILES string of the molecule is C1CCOC1.CCOC(=O)C(=O)Nc1cc(C)c(Oc2ccc(O)c(CN(CC)C(C)c3ccccc3)c2)c(C)c1. The van der Waals surface area contributed by atoms with E-state index in [0.29, 0.717) is 23.7 Å². The van der Waals surface area contributed by atoms with Crippen LogP contribution in [-0.2, 0) is 25.6 Å². The highest BCUT2D eigenvalue weighted by molar-refractivity contribution is 6.37. The Labute approximate surface area is 243 Å². The lowest BCUT2D eigenvalue weighted by atomic mass is 10.1. The van der Waals surface area contributed by atoms with Crippen LogP contribution in [0.1, 0.15) is 61.9 Å². The van der Waals surface area contributed by atoms with Gasteiger partial charge in [-0.1, -0.05) is 37.3 Å². The number of hydrogen-bond acceptors (Lipinski definition) is 7. The van der Waals surface area contributed by atoms with Gasteiger partial charge in [-0.2, -0.15) is 0 Å². The first kappa shape index (κ1) is 31.6. The minimum Gasteiger partial charge on any atom is -0.508 e. The number of anilines is 1. The summed E-state index contributed by atoms with van der Waals surface area (Å²) in [7, 11) is 0. The highest BCUT2D eigenvalue weighted by Crippen LogP contribution is 2.34. The Balaban J connectivity index is 0.000000832. The normalized spacial score (nSPS) is 13.2. The van der Waals surface area contributed by atoms with Gasteiger partial charge in [0.1, 0.15) is 17.2 Å². The Morgan fingerprint density at radius 2 is 1.66 bits per heavy atom. The molecule has 220 valence electrons. The molecule has 8 heteroatoms. The number of phenolic OH excluding ortho intramolecular Hbond substituents is 1. The van der Waals surface area contributed by atoms with Crippen molar-refractivity contribution < 1.29 is 28.9 Å². The van der Waals surface area contributed by atoms with Crippen LogP contribution in [0.5, 0.6) is 17.2 Å². The molecule has 0 aromatic heterocycles. The van der Waals surface area contributed by atoms with Crippen molar-refractivity contribution in [3.05, 3.63) is 82.9 Å². The molecule has 1 saturated heterocycles. The van der Waals surface area contributed by atoms with Gasteiger partial charge in [-0.25, -0.2) is 4.79 Å². The summed E-state index contributed by atoms with van der Waals surface area (Å²) in [5.74, 6) is -0.289. The van der Waals surface area contributed by atoms with Gasteiger partial charge in [-0.05, 0) is 94.1 Å². The summed E-state index contributed by atoms with van der Waals surface area (Å²) in [6.45, 7) is 13.1. The molecule has 0 spiro atoms. The van der Waals surface area contributed by atoms with Crippen LogP contribution in [0.2, 0.25) is 0 Å². The third-order valence-electron chi connectivity index (χ3n) is 6.89. The van der Waals surface area contributed by atoms with Crippen LogP contribution < -0.4 is 10.1 Å². The molecule has 1 atom stereocenters.